The van der Waals surface area contributed by atoms with E-state index in [9.17, 15) is 4.79 Å². The average Bonchev–Trinajstić information content (AvgIpc) is 2.17. The van der Waals surface area contributed by atoms with E-state index in [-0.39, 0.29) is 5.30 Å². The number of hydrogen-bond acceptors (Lipinski definition) is 3. The van der Waals surface area contributed by atoms with Crippen LogP contribution < -0.4 is 0 Å². The maximum Gasteiger partial charge on any atom is 0.367 e. The molecule has 14 heavy (non-hydrogen) atoms. The van der Waals surface area contributed by atoms with Gasteiger partial charge in [-0.2, -0.15) is 0 Å². The van der Waals surface area contributed by atoms with Crippen molar-refractivity contribution in [2.75, 3.05) is 6.61 Å². The highest BCUT2D eigenvalue weighted by Crippen LogP contribution is 2.21. The summed E-state index contributed by atoms with van der Waals surface area (Å²) in [6, 6.07) is 0. The van der Waals surface area contributed by atoms with Crippen molar-refractivity contribution in [2.45, 2.75) is 44.3 Å². The normalized spacial score (nSPS) is 26.6. The van der Waals surface area contributed by atoms with Crippen LogP contribution in [0.4, 0.5) is 4.79 Å². The van der Waals surface area contributed by atoms with Gasteiger partial charge in [-0.05, 0) is 37.4 Å². The van der Waals surface area contributed by atoms with Crippen LogP contribution in [0, 0.1) is 0 Å². The molecule has 0 saturated carbocycles. The van der Waals surface area contributed by atoms with Gasteiger partial charge in [-0.1, -0.05) is 25.5 Å². The molecule has 1 aliphatic heterocycles. The van der Waals surface area contributed by atoms with Crippen LogP contribution in [0.5, 0.6) is 0 Å². The molecule has 0 saturated heterocycles. The quantitative estimate of drug-likeness (QED) is 0.517. The minimum Gasteiger partial charge on any atom is -0.458 e. The largest absolute Gasteiger partial charge is 0.458 e. The number of cyclic esters (lactones) is 1. The van der Waals surface area contributed by atoms with E-state index in [2.05, 4.69) is 19.1 Å². The van der Waals surface area contributed by atoms with Gasteiger partial charge >= 0.3 is 5.30 Å². The molecule has 3 heteroatoms. The first kappa shape index (κ1) is 11.6. The SMILES string of the molecule is CCCC1/C=C\CCCCOC(=O)S1. The van der Waals surface area contributed by atoms with Crippen LogP contribution in [0.25, 0.3) is 0 Å². The molecule has 1 rings (SSSR count). The summed E-state index contributed by atoms with van der Waals surface area (Å²) >= 11 is 1.32. The van der Waals surface area contributed by atoms with Gasteiger partial charge in [0, 0.05) is 5.25 Å². The highest BCUT2D eigenvalue weighted by atomic mass is 32.2. The van der Waals surface area contributed by atoms with Crippen molar-refractivity contribution < 1.29 is 9.53 Å². The highest BCUT2D eigenvalue weighted by Gasteiger charge is 2.12. The van der Waals surface area contributed by atoms with Gasteiger partial charge in [-0.25, -0.2) is 4.79 Å². The first-order chi connectivity index (χ1) is 6.83. The van der Waals surface area contributed by atoms with E-state index in [1.807, 2.05) is 0 Å². The first-order valence-corrected chi connectivity index (χ1v) is 6.21. The number of ether oxygens (including phenoxy) is 1. The number of rotatable bonds is 2. The van der Waals surface area contributed by atoms with Crippen LogP contribution in [-0.4, -0.2) is 17.2 Å². The monoisotopic (exact) mass is 214 g/mol. The number of hydrogen-bond donors (Lipinski definition) is 0. The summed E-state index contributed by atoms with van der Waals surface area (Å²) in [5.74, 6) is 0. The van der Waals surface area contributed by atoms with Crippen molar-refractivity contribution in [1.29, 1.82) is 0 Å². The standard InChI is InChI=1S/C11H18O2S/c1-2-7-10-8-5-3-4-6-9-13-11(12)14-10/h5,8,10H,2-4,6-7,9H2,1H3/b8-5-. The third-order valence-electron chi connectivity index (χ3n) is 2.16. The molecule has 0 aromatic heterocycles. The van der Waals surface area contributed by atoms with Crippen molar-refractivity contribution in [2.24, 2.45) is 0 Å². The van der Waals surface area contributed by atoms with Crippen LogP contribution in [-0.2, 0) is 4.74 Å². The lowest BCUT2D eigenvalue weighted by Gasteiger charge is -2.12. The summed E-state index contributed by atoms with van der Waals surface area (Å²) in [6.45, 7) is 2.72. The van der Waals surface area contributed by atoms with Crippen molar-refractivity contribution >= 4 is 17.1 Å². The molecule has 1 atom stereocenters. The Bertz CT molecular complexity index is 201. The third kappa shape index (κ3) is 4.70. The maximum absolute atomic E-state index is 11.3. The molecule has 80 valence electrons. The lowest BCUT2D eigenvalue weighted by atomic mass is 10.2. The van der Waals surface area contributed by atoms with Crippen LogP contribution in [0.1, 0.15) is 39.0 Å². The van der Waals surface area contributed by atoms with Gasteiger partial charge < -0.3 is 4.74 Å². The molecule has 0 fully saturated rings. The van der Waals surface area contributed by atoms with Gasteiger partial charge in [-0.3, -0.25) is 0 Å². The Morgan fingerprint density at radius 1 is 1.57 bits per heavy atom. The molecule has 0 aromatic carbocycles. The molecule has 0 bridgehead atoms. The molecule has 0 aromatic rings. The third-order valence-corrected chi connectivity index (χ3v) is 3.16. The first-order valence-electron chi connectivity index (χ1n) is 5.33. The zero-order valence-electron chi connectivity index (χ0n) is 8.70. The lowest BCUT2D eigenvalue weighted by molar-refractivity contribution is 0.172. The van der Waals surface area contributed by atoms with Gasteiger partial charge in [0.1, 0.15) is 0 Å². The van der Waals surface area contributed by atoms with Crippen molar-refractivity contribution in [3.8, 4) is 0 Å². The van der Waals surface area contributed by atoms with Crippen LogP contribution in [0.15, 0.2) is 12.2 Å². The van der Waals surface area contributed by atoms with E-state index >= 15 is 0 Å². The number of carbonyl (C=O) groups is 1. The lowest BCUT2D eigenvalue weighted by Crippen LogP contribution is -2.07. The smallest absolute Gasteiger partial charge is 0.367 e. The second-order valence-corrected chi connectivity index (χ2v) is 4.64. The number of thioether (sulfide) groups is 1. The Morgan fingerprint density at radius 2 is 2.43 bits per heavy atom. The second-order valence-electron chi connectivity index (χ2n) is 3.47. The molecule has 1 heterocycles. The Labute approximate surface area is 90.1 Å². The van der Waals surface area contributed by atoms with Crippen molar-refractivity contribution in [1.82, 2.24) is 0 Å². The fourth-order valence-electron chi connectivity index (χ4n) is 1.40. The van der Waals surface area contributed by atoms with Gasteiger partial charge in [0.05, 0.1) is 6.61 Å². The fourth-order valence-corrected chi connectivity index (χ4v) is 2.35. The van der Waals surface area contributed by atoms with Crippen molar-refractivity contribution in [3.63, 3.8) is 0 Å². The predicted molar refractivity (Wildman–Crippen MR) is 60.6 cm³/mol. The Hall–Kier alpha value is -0.440. The molecule has 1 aliphatic rings. The van der Waals surface area contributed by atoms with E-state index < -0.39 is 0 Å². The zero-order chi connectivity index (χ0) is 10.2. The Kier molecular flexibility index (Phi) is 5.76. The van der Waals surface area contributed by atoms with Gasteiger partial charge in [0.25, 0.3) is 0 Å². The van der Waals surface area contributed by atoms with Gasteiger partial charge in [-0.15, -0.1) is 0 Å². The van der Waals surface area contributed by atoms with Crippen molar-refractivity contribution in [3.05, 3.63) is 12.2 Å². The van der Waals surface area contributed by atoms with Crippen LogP contribution >= 0.6 is 11.8 Å². The highest BCUT2D eigenvalue weighted by molar-refractivity contribution is 8.13. The van der Waals surface area contributed by atoms with E-state index in [0.717, 1.165) is 32.1 Å². The average molecular weight is 214 g/mol. The summed E-state index contributed by atoms with van der Waals surface area (Å²) in [6.07, 6.45) is 9.72. The molecule has 0 radical (unpaired) electrons. The summed E-state index contributed by atoms with van der Waals surface area (Å²) in [4.78, 5) is 11.3. The summed E-state index contributed by atoms with van der Waals surface area (Å²) < 4.78 is 5.09. The van der Waals surface area contributed by atoms with Crippen LogP contribution in [0.2, 0.25) is 0 Å². The molecule has 0 N–H and O–H groups in total. The molecule has 1 unspecified atom stereocenters. The zero-order valence-corrected chi connectivity index (χ0v) is 9.52. The molecule has 0 spiro atoms. The minimum absolute atomic E-state index is 0.116. The maximum atomic E-state index is 11.3. The minimum atomic E-state index is -0.116. The van der Waals surface area contributed by atoms with E-state index in [4.69, 9.17) is 4.74 Å². The van der Waals surface area contributed by atoms with Gasteiger partial charge in [0.2, 0.25) is 0 Å². The molecule has 0 aliphatic carbocycles. The molecular formula is C11H18O2S. The number of carbonyl (C=O) groups excluding carboxylic acids is 1. The molecule has 2 nitrogen and oxygen atoms in total. The fraction of sp³-hybridized carbons (Fsp3) is 0.727. The predicted octanol–water partition coefficient (Wildman–Crippen LogP) is 3.77. The summed E-state index contributed by atoms with van der Waals surface area (Å²) in [5.41, 5.74) is 0. The number of allylic oxidation sites excluding steroid dienone is 1. The summed E-state index contributed by atoms with van der Waals surface area (Å²) in [7, 11) is 0. The van der Waals surface area contributed by atoms with Crippen LogP contribution in [0.3, 0.4) is 0 Å². The van der Waals surface area contributed by atoms with E-state index in [1.54, 1.807) is 0 Å². The Morgan fingerprint density at radius 3 is 3.21 bits per heavy atom. The molecular weight excluding hydrogens is 196 g/mol. The molecule has 0 amide bonds. The van der Waals surface area contributed by atoms with E-state index in [0.29, 0.717) is 11.9 Å². The second kappa shape index (κ2) is 6.93. The topological polar surface area (TPSA) is 26.3 Å². The van der Waals surface area contributed by atoms with E-state index in [1.165, 1.54) is 11.8 Å². The Balaban J connectivity index is 2.47. The summed E-state index contributed by atoms with van der Waals surface area (Å²) in [5, 5.41) is 0.195. The van der Waals surface area contributed by atoms with Gasteiger partial charge in [0.15, 0.2) is 0 Å².